The minimum Gasteiger partial charge on any atom is -0.421 e. The molecule has 0 saturated heterocycles. The normalized spacial score (nSPS) is 18.8. The van der Waals surface area contributed by atoms with Crippen LogP contribution in [0, 0.1) is 36.5 Å². The second-order valence-electron chi connectivity index (χ2n) is 14.8. The van der Waals surface area contributed by atoms with E-state index in [4.69, 9.17) is 4.42 Å². The predicted octanol–water partition coefficient (Wildman–Crippen LogP) is 10.3. The Morgan fingerprint density at radius 1 is 0.737 bits per heavy atom. The van der Waals surface area contributed by atoms with Crippen molar-refractivity contribution in [3.63, 3.8) is 0 Å². The van der Waals surface area contributed by atoms with Crippen molar-refractivity contribution >= 4 is 0 Å². The van der Waals surface area contributed by atoms with Crippen LogP contribution in [0.4, 0.5) is 0 Å². The maximum absolute atomic E-state index is 5.88. The third-order valence-electron chi connectivity index (χ3n) is 8.34. The Kier molecular flexibility index (Phi) is 7.99. The molecule has 0 saturated carbocycles. The SMILES string of the molecule is Cc1ccc2c(c1)C(CCC(C)CC(C)(C)C)(CCC(C)CC(C)(C)C)c1cc(-c3nnc(C)o3)ccc1-2. The third kappa shape index (κ3) is 6.41. The van der Waals surface area contributed by atoms with Crippen LogP contribution in [-0.4, -0.2) is 10.2 Å². The molecule has 2 aromatic carbocycles. The molecule has 1 aliphatic rings. The van der Waals surface area contributed by atoms with Crippen molar-refractivity contribution in [3.8, 4) is 22.6 Å². The number of hydrogen-bond acceptors (Lipinski definition) is 3. The molecule has 3 nitrogen and oxygen atoms in total. The Bertz CT molecular complexity index is 1230. The Hall–Kier alpha value is -2.42. The largest absolute Gasteiger partial charge is 0.421 e. The highest BCUT2D eigenvalue weighted by molar-refractivity contribution is 5.83. The molecule has 4 rings (SSSR count). The lowest BCUT2D eigenvalue weighted by Gasteiger charge is -2.36. The monoisotopic (exact) mass is 514 g/mol. The van der Waals surface area contributed by atoms with Gasteiger partial charge in [0, 0.05) is 17.9 Å². The van der Waals surface area contributed by atoms with Crippen molar-refractivity contribution in [1.82, 2.24) is 10.2 Å². The quantitative estimate of drug-likeness (QED) is 0.285. The number of aryl methyl sites for hydroxylation is 2. The molecule has 3 heteroatoms. The van der Waals surface area contributed by atoms with Gasteiger partial charge in [-0.1, -0.05) is 85.2 Å². The number of benzene rings is 2. The lowest BCUT2D eigenvalue weighted by molar-refractivity contribution is 0.257. The lowest BCUT2D eigenvalue weighted by Crippen LogP contribution is -2.28. The zero-order valence-corrected chi connectivity index (χ0v) is 25.7. The molecule has 0 amide bonds. The molecule has 1 aliphatic carbocycles. The number of fused-ring (bicyclic) bond motifs is 3. The first-order valence-electron chi connectivity index (χ1n) is 14.7. The second-order valence-corrected chi connectivity index (χ2v) is 14.8. The number of nitrogens with zero attached hydrogens (tertiary/aromatic N) is 2. The van der Waals surface area contributed by atoms with Crippen LogP contribution in [0.25, 0.3) is 22.6 Å². The molecule has 3 aromatic rings. The van der Waals surface area contributed by atoms with Gasteiger partial charge in [-0.25, -0.2) is 0 Å². The molecular weight excluding hydrogens is 464 g/mol. The standard InChI is InChI=1S/C35H50N2O/c1-23-11-13-28-29-14-12-27(32-37-36-26(4)38-32)20-31(29)35(30(28)19-23,17-15-24(2)21-33(5,6)7)18-16-25(3)22-34(8,9)10/h11-14,19-20,24-25H,15-18,21-22H2,1-10H3. The summed E-state index contributed by atoms with van der Waals surface area (Å²) in [5, 5.41) is 8.48. The molecular formula is C35H50N2O. The van der Waals surface area contributed by atoms with Gasteiger partial charge in [0.05, 0.1) is 0 Å². The van der Waals surface area contributed by atoms with E-state index in [9.17, 15) is 0 Å². The van der Waals surface area contributed by atoms with Crippen LogP contribution in [0.5, 0.6) is 0 Å². The molecule has 0 bridgehead atoms. The van der Waals surface area contributed by atoms with Crippen molar-refractivity contribution in [1.29, 1.82) is 0 Å². The van der Waals surface area contributed by atoms with Crippen LogP contribution in [0.2, 0.25) is 0 Å². The maximum atomic E-state index is 5.88. The molecule has 0 spiro atoms. The highest BCUT2D eigenvalue weighted by Crippen LogP contribution is 2.55. The Balaban J connectivity index is 1.80. The first-order chi connectivity index (χ1) is 17.7. The van der Waals surface area contributed by atoms with Crippen LogP contribution < -0.4 is 0 Å². The van der Waals surface area contributed by atoms with Crippen molar-refractivity contribution in [3.05, 3.63) is 59.0 Å². The Labute approximate surface area is 231 Å². The zero-order valence-electron chi connectivity index (χ0n) is 25.7. The first kappa shape index (κ1) is 28.6. The molecule has 38 heavy (non-hydrogen) atoms. The van der Waals surface area contributed by atoms with E-state index in [1.807, 2.05) is 6.92 Å². The van der Waals surface area contributed by atoms with Crippen molar-refractivity contribution in [2.45, 2.75) is 113 Å². The lowest BCUT2D eigenvalue weighted by atomic mass is 9.67. The molecule has 0 fully saturated rings. The summed E-state index contributed by atoms with van der Waals surface area (Å²) in [5.41, 5.74) is 8.84. The number of rotatable bonds is 9. The topological polar surface area (TPSA) is 38.9 Å². The highest BCUT2D eigenvalue weighted by atomic mass is 16.4. The van der Waals surface area contributed by atoms with E-state index in [1.54, 1.807) is 0 Å². The van der Waals surface area contributed by atoms with E-state index in [-0.39, 0.29) is 5.41 Å². The summed E-state index contributed by atoms with van der Waals surface area (Å²) in [7, 11) is 0. The molecule has 2 unspecified atom stereocenters. The van der Waals surface area contributed by atoms with Gasteiger partial charge in [0.15, 0.2) is 0 Å². The van der Waals surface area contributed by atoms with Crippen molar-refractivity contribution in [2.24, 2.45) is 22.7 Å². The summed E-state index contributed by atoms with van der Waals surface area (Å²) in [4.78, 5) is 0. The van der Waals surface area contributed by atoms with Crippen LogP contribution in [0.15, 0.2) is 40.8 Å². The van der Waals surface area contributed by atoms with E-state index >= 15 is 0 Å². The van der Waals surface area contributed by atoms with Gasteiger partial charge in [0.2, 0.25) is 11.8 Å². The smallest absolute Gasteiger partial charge is 0.247 e. The van der Waals surface area contributed by atoms with Gasteiger partial charge < -0.3 is 4.42 Å². The van der Waals surface area contributed by atoms with Crippen LogP contribution in [-0.2, 0) is 5.41 Å². The summed E-state index contributed by atoms with van der Waals surface area (Å²) in [6.07, 6.45) is 7.28. The van der Waals surface area contributed by atoms with Crippen molar-refractivity contribution in [2.75, 3.05) is 0 Å². The van der Waals surface area contributed by atoms with E-state index in [1.165, 1.54) is 66.3 Å². The fourth-order valence-electron chi connectivity index (χ4n) is 7.10. The minimum absolute atomic E-state index is 0.0000509. The third-order valence-corrected chi connectivity index (χ3v) is 8.34. The highest BCUT2D eigenvalue weighted by Gasteiger charge is 2.43. The van der Waals surface area contributed by atoms with E-state index in [2.05, 4.69) is 109 Å². The van der Waals surface area contributed by atoms with Crippen LogP contribution in [0.1, 0.15) is 116 Å². The summed E-state index contributed by atoms with van der Waals surface area (Å²) in [6, 6.07) is 14.0. The van der Waals surface area contributed by atoms with Gasteiger partial charge in [-0.3, -0.25) is 0 Å². The first-order valence-corrected chi connectivity index (χ1v) is 14.7. The predicted molar refractivity (Wildman–Crippen MR) is 160 cm³/mol. The maximum Gasteiger partial charge on any atom is 0.247 e. The average Bonchev–Trinajstić information content (AvgIpc) is 3.33. The number of aromatic nitrogens is 2. The van der Waals surface area contributed by atoms with Gasteiger partial charge in [-0.2, -0.15) is 0 Å². The van der Waals surface area contributed by atoms with Crippen LogP contribution in [0.3, 0.4) is 0 Å². The Morgan fingerprint density at radius 3 is 1.76 bits per heavy atom. The van der Waals surface area contributed by atoms with E-state index in [0.717, 1.165) is 5.56 Å². The summed E-state index contributed by atoms with van der Waals surface area (Å²) < 4.78 is 5.88. The summed E-state index contributed by atoms with van der Waals surface area (Å²) in [5.74, 6) is 2.59. The Morgan fingerprint density at radius 2 is 1.26 bits per heavy atom. The summed E-state index contributed by atoms with van der Waals surface area (Å²) in [6.45, 7) is 23.2. The minimum atomic E-state index is 0.0000509. The molecule has 206 valence electrons. The van der Waals surface area contributed by atoms with Crippen molar-refractivity contribution < 1.29 is 4.42 Å². The fraction of sp³-hybridized carbons (Fsp3) is 0.600. The summed E-state index contributed by atoms with van der Waals surface area (Å²) >= 11 is 0. The molecule has 2 atom stereocenters. The van der Waals surface area contributed by atoms with Gasteiger partial charge in [0.1, 0.15) is 0 Å². The molecule has 0 aliphatic heterocycles. The second kappa shape index (κ2) is 10.6. The van der Waals surface area contributed by atoms with Gasteiger partial charge >= 0.3 is 0 Å². The van der Waals surface area contributed by atoms with Gasteiger partial charge in [-0.15, -0.1) is 10.2 Å². The molecule has 0 N–H and O–H groups in total. The fourth-order valence-corrected chi connectivity index (χ4v) is 7.10. The number of hydrogen-bond donors (Lipinski definition) is 0. The zero-order chi connectivity index (χ0) is 27.9. The average molecular weight is 515 g/mol. The molecule has 0 radical (unpaired) electrons. The molecule has 1 aromatic heterocycles. The van der Waals surface area contributed by atoms with E-state index in [0.29, 0.717) is 34.4 Å². The van der Waals surface area contributed by atoms with E-state index < -0.39 is 0 Å². The van der Waals surface area contributed by atoms with Gasteiger partial charge in [0.25, 0.3) is 0 Å². The van der Waals surface area contributed by atoms with Gasteiger partial charge in [-0.05, 0) is 103 Å². The van der Waals surface area contributed by atoms with Crippen LogP contribution >= 0.6 is 0 Å². The molecule has 1 heterocycles.